The van der Waals surface area contributed by atoms with Gasteiger partial charge in [-0.2, -0.15) is 0 Å². The second-order valence-electron chi connectivity index (χ2n) is 8.09. The SMILES string of the molecule is Cc1ccc([As]c2ccc(Oc3nccnc3C3CCN(C(=O)N(C)C)CC3)cc2)nc1. The molecule has 1 aromatic carbocycles. The van der Waals surface area contributed by atoms with E-state index in [0.717, 1.165) is 28.8 Å². The summed E-state index contributed by atoms with van der Waals surface area (Å²) >= 11 is -0.157. The predicted octanol–water partition coefficient (Wildman–Crippen LogP) is 2.49. The van der Waals surface area contributed by atoms with E-state index in [4.69, 9.17) is 4.74 Å². The number of hydrogen-bond acceptors (Lipinski definition) is 5. The van der Waals surface area contributed by atoms with Crippen molar-refractivity contribution in [2.45, 2.75) is 25.7 Å². The molecule has 1 fully saturated rings. The van der Waals surface area contributed by atoms with Gasteiger partial charge in [-0.05, 0) is 0 Å². The van der Waals surface area contributed by atoms with Crippen LogP contribution in [0.4, 0.5) is 4.79 Å². The monoisotopic (exact) mass is 492 g/mol. The number of likely N-dealkylation sites (tertiary alicyclic amines) is 1. The summed E-state index contributed by atoms with van der Waals surface area (Å²) in [6.07, 6.45) is 6.98. The number of aryl methyl sites for hydroxylation is 1. The van der Waals surface area contributed by atoms with Gasteiger partial charge in [0, 0.05) is 14.1 Å². The van der Waals surface area contributed by atoms with Crippen molar-refractivity contribution >= 4 is 30.6 Å². The Labute approximate surface area is 195 Å². The summed E-state index contributed by atoms with van der Waals surface area (Å²) in [5.41, 5.74) is 2.04. The number of aromatic nitrogens is 3. The third kappa shape index (κ3) is 5.46. The predicted molar refractivity (Wildman–Crippen MR) is 125 cm³/mol. The second kappa shape index (κ2) is 10.1. The standard InChI is InChI=1S/C24H27AsN5O2/c1-17-4-9-21(28-16-17)25-19-5-7-20(8-6-19)32-23-22(26-12-13-27-23)18-10-14-30(15-11-18)24(31)29(2)3/h4-9,12-13,16,18H,10-11,14-15H2,1-3H3. The molecule has 1 aliphatic rings. The van der Waals surface area contributed by atoms with Gasteiger partial charge in [-0.15, -0.1) is 0 Å². The molecule has 1 aliphatic heterocycles. The Balaban J connectivity index is 1.41. The summed E-state index contributed by atoms with van der Waals surface area (Å²) in [6, 6.07) is 12.4. The second-order valence-corrected chi connectivity index (χ2v) is 10.6. The van der Waals surface area contributed by atoms with Crippen molar-refractivity contribution in [3.05, 3.63) is 66.2 Å². The molecule has 7 nitrogen and oxygen atoms in total. The van der Waals surface area contributed by atoms with Crippen LogP contribution < -0.4 is 13.6 Å². The Morgan fingerprint density at radius 1 is 1.03 bits per heavy atom. The number of rotatable bonds is 5. The maximum absolute atomic E-state index is 12.2. The molecular weight excluding hydrogens is 465 g/mol. The minimum absolute atomic E-state index is 0.0578. The van der Waals surface area contributed by atoms with E-state index in [1.165, 1.54) is 9.91 Å². The van der Waals surface area contributed by atoms with Gasteiger partial charge in [0.15, 0.2) is 0 Å². The van der Waals surface area contributed by atoms with Gasteiger partial charge in [-0.3, -0.25) is 0 Å². The summed E-state index contributed by atoms with van der Waals surface area (Å²) in [7, 11) is 3.57. The quantitative estimate of drug-likeness (QED) is 0.512. The average Bonchev–Trinajstić information content (AvgIpc) is 2.82. The molecule has 1 radical (unpaired) electrons. The average molecular weight is 492 g/mol. The van der Waals surface area contributed by atoms with Crippen molar-refractivity contribution in [1.82, 2.24) is 24.8 Å². The summed E-state index contributed by atoms with van der Waals surface area (Å²) < 4.78 is 8.53. The number of ether oxygens (including phenoxy) is 1. The molecule has 0 unspecified atom stereocenters. The Hall–Kier alpha value is -2.92. The Bertz CT molecular complexity index is 1050. The topological polar surface area (TPSA) is 71.5 Å². The number of hydrogen-bond donors (Lipinski definition) is 0. The molecule has 0 aliphatic carbocycles. The summed E-state index contributed by atoms with van der Waals surface area (Å²) in [5, 5.41) is 0. The Morgan fingerprint density at radius 3 is 2.41 bits per heavy atom. The molecular formula is C24H27AsN5O2. The molecule has 165 valence electrons. The van der Waals surface area contributed by atoms with Gasteiger partial charge in [0.05, 0.1) is 0 Å². The van der Waals surface area contributed by atoms with Gasteiger partial charge in [-0.25, -0.2) is 4.79 Å². The van der Waals surface area contributed by atoms with Crippen molar-refractivity contribution in [2.75, 3.05) is 27.2 Å². The van der Waals surface area contributed by atoms with E-state index >= 15 is 0 Å². The number of nitrogens with zero attached hydrogens (tertiary/aromatic N) is 5. The van der Waals surface area contributed by atoms with Crippen LogP contribution in [-0.4, -0.2) is 73.7 Å². The van der Waals surface area contributed by atoms with Gasteiger partial charge in [-0.1, -0.05) is 0 Å². The number of pyridine rings is 1. The van der Waals surface area contributed by atoms with E-state index in [0.29, 0.717) is 19.0 Å². The number of piperidine rings is 1. The zero-order valence-corrected chi connectivity index (χ0v) is 20.5. The van der Waals surface area contributed by atoms with E-state index in [1.807, 2.05) is 30.2 Å². The molecule has 4 rings (SSSR count). The number of amides is 2. The fourth-order valence-electron chi connectivity index (χ4n) is 3.68. The fraction of sp³-hybridized carbons (Fsp3) is 0.333. The Kier molecular flexibility index (Phi) is 7.05. The molecule has 0 bridgehead atoms. The molecule has 3 aromatic rings. The third-order valence-electron chi connectivity index (χ3n) is 5.42. The molecule has 0 saturated carbocycles. The summed E-state index contributed by atoms with van der Waals surface area (Å²) in [6.45, 7) is 3.47. The molecule has 0 atom stereocenters. The molecule has 8 heteroatoms. The van der Waals surface area contributed by atoms with Crippen molar-refractivity contribution < 1.29 is 9.53 Å². The zero-order valence-electron chi connectivity index (χ0n) is 18.6. The van der Waals surface area contributed by atoms with E-state index in [1.54, 1.807) is 31.4 Å². The van der Waals surface area contributed by atoms with Crippen LogP contribution >= 0.6 is 0 Å². The molecule has 0 N–H and O–H groups in total. The molecule has 3 heterocycles. The first kappa shape index (κ1) is 22.3. The molecule has 2 amide bonds. The first-order valence-electron chi connectivity index (χ1n) is 10.7. The van der Waals surface area contributed by atoms with Crippen LogP contribution in [0, 0.1) is 6.92 Å². The molecule has 1 saturated heterocycles. The van der Waals surface area contributed by atoms with E-state index < -0.39 is 0 Å². The summed E-state index contributed by atoms with van der Waals surface area (Å²) in [4.78, 5) is 29.3. The van der Waals surface area contributed by atoms with Gasteiger partial charge in [0.1, 0.15) is 0 Å². The molecule has 2 aromatic heterocycles. The normalized spacial score (nSPS) is 14.7. The van der Waals surface area contributed by atoms with E-state index in [2.05, 4.69) is 39.2 Å². The van der Waals surface area contributed by atoms with Crippen molar-refractivity contribution in [3.8, 4) is 11.6 Å². The number of urea groups is 1. The summed E-state index contributed by atoms with van der Waals surface area (Å²) in [5.74, 6) is 1.52. The van der Waals surface area contributed by atoms with Gasteiger partial charge in [0.25, 0.3) is 0 Å². The van der Waals surface area contributed by atoms with Crippen molar-refractivity contribution in [2.24, 2.45) is 0 Å². The first-order chi connectivity index (χ1) is 15.5. The molecule has 32 heavy (non-hydrogen) atoms. The van der Waals surface area contributed by atoms with Crippen LogP contribution in [-0.2, 0) is 0 Å². The third-order valence-corrected chi connectivity index (χ3v) is 7.62. The maximum atomic E-state index is 12.2. The fourth-order valence-corrected chi connectivity index (χ4v) is 5.42. The number of carbonyl (C=O) groups excluding carboxylic acids is 1. The first-order valence-corrected chi connectivity index (χ1v) is 12.6. The number of carbonyl (C=O) groups is 1. The van der Waals surface area contributed by atoms with Crippen molar-refractivity contribution in [3.63, 3.8) is 0 Å². The van der Waals surface area contributed by atoms with Crippen LogP contribution in [0.15, 0.2) is 55.0 Å². The number of benzene rings is 1. The van der Waals surface area contributed by atoms with E-state index in [9.17, 15) is 4.79 Å². The van der Waals surface area contributed by atoms with Crippen LogP contribution in [0.25, 0.3) is 0 Å². The van der Waals surface area contributed by atoms with Crippen LogP contribution in [0.1, 0.15) is 30.0 Å². The van der Waals surface area contributed by atoms with Crippen LogP contribution in [0.2, 0.25) is 0 Å². The van der Waals surface area contributed by atoms with Crippen LogP contribution in [0.3, 0.4) is 0 Å². The zero-order chi connectivity index (χ0) is 22.5. The van der Waals surface area contributed by atoms with E-state index in [-0.39, 0.29) is 27.7 Å². The van der Waals surface area contributed by atoms with Crippen molar-refractivity contribution in [1.29, 1.82) is 0 Å². The molecule has 0 spiro atoms. The van der Waals surface area contributed by atoms with Gasteiger partial charge in [0.2, 0.25) is 0 Å². The Morgan fingerprint density at radius 2 is 1.75 bits per heavy atom. The van der Waals surface area contributed by atoms with Gasteiger partial charge < -0.3 is 4.90 Å². The van der Waals surface area contributed by atoms with Crippen LogP contribution in [0.5, 0.6) is 11.6 Å². The van der Waals surface area contributed by atoms with Gasteiger partial charge >= 0.3 is 172 Å². The minimum atomic E-state index is -0.157.